The molecule has 3 rings (SSSR count). The van der Waals surface area contributed by atoms with Crippen molar-refractivity contribution in [2.24, 2.45) is 10.2 Å². The first-order chi connectivity index (χ1) is 10.1. The monoisotopic (exact) mass is 318 g/mol. The standard InChI is InChI=1S/C15H12Cl2N4/c1-9-6-7-21-13(8-9)18-10(2)15(21)20-19-12-5-3-4-11(16)14(12)17/h3-8H,1-2H3. The van der Waals surface area contributed by atoms with E-state index in [-0.39, 0.29) is 0 Å². The van der Waals surface area contributed by atoms with E-state index in [1.54, 1.807) is 18.2 Å². The summed E-state index contributed by atoms with van der Waals surface area (Å²) in [5.41, 5.74) is 3.33. The minimum absolute atomic E-state index is 0.394. The quantitative estimate of drug-likeness (QED) is 0.561. The van der Waals surface area contributed by atoms with E-state index in [1.807, 2.05) is 36.6 Å². The van der Waals surface area contributed by atoms with E-state index in [2.05, 4.69) is 15.2 Å². The third-order valence-corrected chi connectivity index (χ3v) is 3.92. The summed E-state index contributed by atoms with van der Waals surface area (Å²) in [6, 6.07) is 9.26. The summed E-state index contributed by atoms with van der Waals surface area (Å²) < 4.78 is 1.89. The van der Waals surface area contributed by atoms with Gasteiger partial charge in [0.1, 0.15) is 11.3 Å². The van der Waals surface area contributed by atoms with E-state index in [4.69, 9.17) is 23.2 Å². The van der Waals surface area contributed by atoms with Crippen molar-refractivity contribution in [3.63, 3.8) is 0 Å². The zero-order valence-corrected chi connectivity index (χ0v) is 13.0. The van der Waals surface area contributed by atoms with Gasteiger partial charge in [-0.2, -0.15) is 0 Å². The van der Waals surface area contributed by atoms with Crippen LogP contribution in [-0.2, 0) is 0 Å². The summed E-state index contributed by atoms with van der Waals surface area (Å²) in [6.45, 7) is 3.92. The number of fused-ring (bicyclic) bond motifs is 1. The number of benzene rings is 1. The molecule has 0 saturated heterocycles. The number of aryl methyl sites for hydroxylation is 2. The number of imidazole rings is 1. The van der Waals surface area contributed by atoms with E-state index in [0.29, 0.717) is 21.6 Å². The topological polar surface area (TPSA) is 42.0 Å². The number of rotatable bonds is 2. The molecule has 2 heterocycles. The largest absolute Gasteiger partial charge is 0.283 e. The normalized spacial score (nSPS) is 11.6. The van der Waals surface area contributed by atoms with Crippen molar-refractivity contribution >= 4 is 40.4 Å². The lowest BCUT2D eigenvalue weighted by molar-refractivity contribution is 1.09. The maximum atomic E-state index is 6.10. The lowest BCUT2D eigenvalue weighted by Crippen LogP contribution is -1.84. The number of nitrogens with zero attached hydrogens (tertiary/aromatic N) is 4. The molecule has 3 aromatic rings. The molecule has 0 amide bonds. The van der Waals surface area contributed by atoms with Crippen molar-refractivity contribution in [3.05, 3.63) is 57.8 Å². The molecule has 0 fully saturated rings. The number of hydrogen-bond donors (Lipinski definition) is 0. The van der Waals surface area contributed by atoms with Gasteiger partial charge in [-0.15, -0.1) is 10.2 Å². The van der Waals surface area contributed by atoms with Crippen molar-refractivity contribution in [3.8, 4) is 0 Å². The number of halogens is 2. The first kappa shape index (κ1) is 14.0. The number of azo groups is 1. The maximum Gasteiger partial charge on any atom is 0.182 e. The molecule has 0 aliphatic heterocycles. The fourth-order valence-corrected chi connectivity index (χ4v) is 2.38. The number of aromatic nitrogens is 2. The first-order valence-corrected chi connectivity index (χ1v) is 7.13. The Hall–Kier alpha value is -1.91. The molecular formula is C15H12Cl2N4. The molecule has 106 valence electrons. The third-order valence-electron chi connectivity index (χ3n) is 3.11. The van der Waals surface area contributed by atoms with E-state index < -0.39 is 0 Å². The van der Waals surface area contributed by atoms with Gasteiger partial charge < -0.3 is 0 Å². The molecule has 0 unspecified atom stereocenters. The molecule has 1 aromatic carbocycles. The second kappa shape index (κ2) is 5.47. The molecule has 2 aromatic heterocycles. The SMILES string of the molecule is Cc1ccn2c(N=Nc3cccc(Cl)c3Cl)c(C)nc2c1. The summed E-state index contributed by atoms with van der Waals surface area (Å²) in [5.74, 6) is 0.682. The van der Waals surface area contributed by atoms with Gasteiger partial charge in [0.15, 0.2) is 5.82 Å². The van der Waals surface area contributed by atoms with Crippen molar-refractivity contribution < 1.29 is 0 Å². The fraction of sp³-hybridized carbons (Fsp3) is 0.133. The summed E-state index contributed by atoms with van der Waals surface area (Å²) in [7, 11) is 0. The predicted molar refractivity (Wildman–Crippen MR) is 85.3 cm³/mol. The highest BCUT2D eigenvalue weighted by Gasteiger charge is 2.09. The van der Waals surface area contributed by atoms with Crippen molar-refractivity contribution in [2.45, 2.75) is 13.8 Å². The minimum Gasteiger partial charge on any atom is -0.283 e. The molecule has 0 saturated carbocycles. The molecule has 0 radical (unpaired) electrons. The highest BCUT2D eigenvalue weighted by molar-refractivity contribution is 6.43. The molecule has 4 nitrogen and oxygen atoms in total. The predicted octanol–water partition coefficient (Wildman–Crippen LogP) is 5.67. The number of hydrogen-bond acceptors (Lipinski definition) is 3. The van der Waals surface area contributed by atoms with Crippen LogP contribution in [0.25, 0.3) is 5.65 Å². The Kier molecular flexibility index (Phi) is 3.66. The van der Waals surface area contributed by atoms with Crippen LogP contribution in [0.1, 0.15) is 11.3 Å². The van der Waals surface area contributed by atoms with Gasteiger partial charge in [0.05, 0.1) is 15.7 Å². The van der Waals surface area contributed by atoms with Crippen molar-refractivity contribution in [2.75, 3.05) is 0 Å². The van der Waals surface area contributed by atoms with Gasteiger partial charge in [0.25, 0.3) is 0 Å². The van der Waals surface area contributed by atoms with Gasteiger partial charge >= 0.3 is 0 Å². The summed E-state index contributed by atoms with van der Waals surface area (Å²) in [5, 5.41) is 9.32. The molecule has 0 aliphatic carbocycles. The van der Waals surface area contributed by atoms with Crippen LogP contribution < -0.4 is 0 Å². The molecule has 6 heteroatoms. The minimum atomic E-state index is 0.394. The Balaban J connectivity index is 2.07. The highest BCUT2D eigenvalue weighted by atomic mass is 35.5. The lowest BCUT2D eigenvalue weighted by Gasteiger charge is -1.99. The van der Waals surface area contributed by atoms with Gasteiger partial charge in [-0.3, -0.25) is 4.40 Å². The average molecular weight is 319 g/mol. The van der Waals surface area contributed by atoms with E-state index in [0.717, 1.165) is 16.9 Å². The zero-order valence-electron chi connectivity index (χ0n) is 11.5. The molecule has 0 spiro atoms. The van der Waals surface area contributed by atoms with E-state index in [9.17, 15) is 0 Å². The van der Waals surface area contributed by atoms with Gasteiger partial charge in [-0.05, 0) is 43.7 Å². The van der Waals surface area contributed by atoms with Crippen molar-refractivity contribution in [1.82, 2.24) is 9.38 Å². The summed E-state index contributed by atoms with van der Waals surface area (Å²) in [4.78, 5) is 4.48. The van der Waals surface area contributed by atoms with Crippen molar-refractivity contribution in [1.29, 1.82) is 0 Å². The second-order valence-electron chi connectivity index (χ2n) is 4.73. The maximum absolute atomic E-state index is 6.10. The zero-order chi connectivity index (χ0) is 15.0. The van der Waals surface area contributed by atoms with Gasteiger partial charge in [0.2, 0.25) is 0 Å². The first-order valence-electron chi connectivity index (χ1n) is 6.37. The Bertz CT molecular complexity index is 852. The molecule has 0 atom stereocenters. The van der Waals surface area contributed by atoms with Crippen LogP contribution in [0.5, 0.6) is 0 Å². The molecular weight excluding hydrogens is 307 g/mol. The highest BCUT2D eigenvalue weighted by Crippen LogP contribution is 2.33. The lowest BCUT2D eigenvalue weighted by atomic mass is 10.3. The second-order valence-corrected chi connectivity index (χ2v) is 5.51. The Morgan fingerprint density at radius 1 is 1.10 bits per heavy atom. The van der Waals surface area contributed by atoms with Gasteiger partial charge in [-0.25, -0.2) is 4.98 Å². The van der Waals surface area contributed by atoms with Crippen LogP contribution in [0.3, 0.4) is 0 Å². The van der Waals surface area contributed by atoms with Crippen LogP contribution in [-0.4, -0.2) is 9.38 Å². The van der Waals surface area contributed by atoms with Crippen LogP contribution in [0.4, 0.5) is 11.5 Å². The third kappa shape index (κ3) is 2.64. The fourth-order valence-electron chi connectivity index (χ4n) is 2.04. The smallest absolute Gasteiger partial charge is 0.182 e. The molecule has 0 aliphatic rings. The summed E-state index contributed by atoms with van der Waals surface area (Å²) in [6.07, 6.45) is 1.93. The van der Waals surface area contributed by atoms with Crippen LogP contribution in [0.15, 0.2) is 46.8 Å². The Morgan fingerprint density at radius 2 is 1.90 bits per heavy atom. The number of pyridine rings is 1. The van der Waals surface area contributed by atoms with Crippen LogP contribution >= 0.6 is 23.2 Å². The Labute approximate surface area is 132 Å². The van der Waals surface area contributed by atoms with Gasteiger partial charge in [-0.1, -0.05) is 29.3 Å². The van der Waals surface area contributed by atoms with Crippen LogP contribution in [0.2, 0.25) is 10.0 Å². The summed E-state index contributed by atoms with van der Waals surface area (Å²) >= 11 is 12.1. The Morgan fingerprint density at radius 3 is 2.71 bits per heavy atom. The average Bonchev–Trinajstić information content (AvgIpc) is 2.75. The molecule has 0 N–H and O–H groups in total. The van der Waals surface area contributed by atoms with Gasteiger partial charge in [0, 0.05) is 6.20 Å². The van der Waals surface area contributed by atoms with E-state index >= 15 is 0 Å². The van der Waals surface area contributed by atoms with Crippen LogP contribution in [0, 0.1) is 13.8 Å². The van der Waals surface area contributed by atoms with E-state index in [1.165, 1.54) is 0 Å². The molecule has 21 heavy (non-hydrogen) atoms. The molecule has 0 bridgehead atoms.